The maximum Gasteiger partial charge on any atom is 0.311 e. The lowest BCUT2D eigenvalue weighted by Gasteiger charge is -2.20. The zero-order valence-electron chi connectivity index (χ0n) is 12.1. The Bertz CT molecular complexity index is 667. The fourth-order valence-electron chi connectivity index (χ4n) is 1.84. The van der Waals surface area contributed by atoms with Gasteiger partial charge in [-0.05, 0) is 32.4 Å². The molecule has 5 heteroatoms. The lowest BCUT2D eigenvalue weighted by Crippen LogP contribution is -2.28. The molecule has 2 rings (SSSR count). The van der Waals surface area contributed by atoms with Crippen LogP contribution in [-0.2, 0) is 16.1 Å². The minimum absolute atomic E-state index is 0.0913. The van der Waals surface area contributed by atoms with Crippen molar-refractivity contribution in [1.29, 1.82) is 0 Å². The maximum absolute atomic E-state index is 12.0. The van der Waals surface area contributed by atoms with Gasteiger partial charge in [-0.2, -0.15) is 0 Å². The Labute approximate surface area is 117 Å². The lowest BCUT2D eigenvalue weighted by molar-refractivity contribution is -0.154. The number of para-hydroxylation sites is 1. The molecular formula is C15H20N2O3. The number of nitrogens with zero attached hydrogens (tertiary/aromatic N) is 1. The summed E-state index contributed by atoms with van der Waals surface area (Å²) in [7, 11) is 0. The van der Waals surface area contributed by atoms with E-state index in [4.69, 9.17) is 4.74 Å². The Morgan fingerprint density at radius 1 is 1.35 bits per heavy atom. The van der Waals surface area contributed by atoms with Gasteiger partial charge in [0, 0.05) is 0 Å². The van der Waals surface area contributed by atoms with Crippen LogP contribution < -0.4 is 5.56 Å². The molecule has 0 aliphatic carbocycles. The Balaban J connectivity index is 2.02. The number of benzene rings is 1. The third-order valence-electron chi connectivity index (χ3n) is 3.64. The van der Waals surface area contributed by atoms with Crippen molar-refractivity contribution in [3.8, 4) is 0 Å². The number of carbonyl (C=O) groups is 1. The number of carbonyl (C=O) groups excluding carboxylic acids is 1. The minimum atomic E-state index is -0.481. The van der Waals surface area contributed by atoms with E-state index in [1.165, 1.54) is 4.68 Å². The summed E-state index contributed by atoms with van der Waals surface area (Å²) in [6, 6.07) is 7.31. The van der Waals surface area contributed by atoms with Crippen LogP contribution in [0.3, 0.4) is 0 Å². The number of aromatic amines is 1. The number of H-pyrrole nitrogens is 1. The van der Waals surface area contributed by atoms with Crippen LogP contribution in [0.5, 0.6) is 0 Å². The van der Waals surface area contributed by atoms with E-state index in [-0.39, 0.29) is 18.1 Å². The molecule has 0 fully saturated rings. The van der Waals surface area contributed by atoms with Gasteiger partial charge in [-0.3, -0.25) is 14.7 Å². The molecule has 0 atom stereocenters. The van der Waals surface area contributed by atoms with E-state index in [1.807, 2.05) is 39.0 Å². The Hall–Kier alpha value is -2.04. The van der Waals surface area contributed by atoms with Crippen LogP contribution in [0.1, 0.15) is 27.2 Å². The van der Waals surface area contributed by atoms with Crippen molar-refractivity contribution in [2.45, 2.75) is 33.7 Å². The highest BCUT2D eigenvalue weighted by Gasteiger charge is 2.26. The number of esters is 1. The number of nitrogens with one attached hydrogen (secondary N) is 1. The fraction of sp³-hybridized carbons (Fsp3) is 0.467. The smallest absolute Gasteiger partial charge is 0.311 e. The van der Waals surface area contributed by atoms with Gasteiger partial charge in [0.05, 0.1) is 22.9 Å². The average Bonchev–Trinajstić information content (AvgIpc) is 2.76. The Kier molecular flexibility index (Phi) is 3.97. The summed E-state index contributed by atoms with van der Waals surface area (Å²) in [5.74, 6) is -0.232. The third-order valence-corrected chi connectivity index (χ3v) is 3.64. The highest BCUT2D eigenvalue weighted by molar-refractivity contribution is 5.77. The van der Waals surface area contributed by atoms with Crippen molar-refractivity contribution < 1.29 is 9.53 Å². The number of ether oxygens (including phenoxy) is 1. The van der Waals surface area contributed by atoms with Gasteiger partial charge < -0.3 is 4.74 Å². The van der Waals surface area contributed by atoms with Crippen LogP contribution >= 0.6 is 0 Å². The molecule has 0 radical (unpaired) electrons. The first-order valence-corrected chi connectivity index (χ1v) is 6.80. The first-order chi connectivity index (χ1) is 9.45. The van der Waals surface area contributed by atoms with Gasteiger partial charge in [0.25, 0.3) is 5.56 Å². The number of hydrogen-bond donors (Lipinski definition) is 1. The van der Waals surface area contributed by atoms with Crippen LogP contribution in [0.25, 0.3) is 10.9 Å². The highest BCUT2D eigenvalue weighted by Crippen LogP contribution is 2.21. The fourth-order valence-corrected chi connectivity index (χ4v) is 1.84. The van der Waals surface area contributed by atoms with Crippen LogP contribution in [0.2, 0.25) is 0 Å². The standard InChI is InChI=1S/C15H20N2O3/c1-4-15(2,3)14(19)20-10-9-17-13(18)11-7-5-6-8-12(11)16-17/h5-8,16H,4,9-10H2,1-3H3. The predicted octanol–water partition coefficient (Wildman–Crippen LogP) is 2.31. The number of hydrogen-bond acceptors (Lipinski definition) is 3. The van der Waals surface area contributed by atoms with E-state index in [9.17, 15) is 9.59 Å². The molecule has 1 aromatic carbocycles. The molecule has 0 saturated carbocycles. The molecular weight excluding hydrogens is 256 g/mol. The summed E-state index contributed by atoms with van der Waals surface area (Å²) in [6.45, 7) is 6.17. The zero-order valence-corrected chi connectivity index (χ0v) is 12.1. The first kappa shape index (κ1) is 14.4. The molecule has 5 nitrogen and oxygen atoms in total. The normalized spacial score (nSPS) is 11.8. The van der Waals surface area contributed by atoms with Gasteiger partial charge in [0.1, 0.15) is 6.61 Å². The maximum atomic E-state index is 12.0. The molecule has 20 heavy (non-hydrogen) atoms. The number of rotatable bonds is 5. The molecule has 2 aromatic rings. The molecule has 0 bridgehead atoms. The molecule has 0 unspecified atom stereocenters. The van der Waals surface area contributed by atoms with Crippen LogP contribution in [-0.4, -0.2) is 22.4 Å². The van der Waals surface area contributed by atoms with E-state index in [0.717, 1.165) is 11.9 Å². The monoisotopic (exact) mass is 276 g/mol. The second kappa shape index (κ2) is 5.53. The quantitative estimate of drug-likeness (QED) is 0.852. The van der Waals surface area contributed by atoms with E-state index in [1.54, 1.807) is 6.07 Å². The van der Waals surface area contributed by atoms with Gasteiger partial charge in [0.15, 0.2) is 0 Å². The van der Waals surface area contributed by atoms with E-state index >= 15 is 0 Å². The summed E-state index contributed by atoms with van der Waals surface area (Å²) in [6.07, 6.45) is 0.720. The first-order valence-electron chi connectivity index (χ1n) is 6.80. The van der Waals surface area contributed by atoms with Crippen molar-refractivity contribution >= 4 is 16.9 Å². The molecule has 0 amide bonds. The van der Waals surface area contributed by atoms with Gasteiger partial charge in [0.2, 0.25) is 0 Å². The summed E-state index contributed by atoms with van der Waals surface area (Å²) in [5.41, 5.74) is 0.218. The average molecular weight is 276 g/mol. The van der Waals surface area contributed by atoms with Crippen molar-refractivity contribution in [2.24, 2.45) is 5.41 Å². The lowest BCUT2D eigenvalue weighted by atomic mass is 9.91. The summed E-state index contributed by atoms with van der Waals surface area (Å²) >= 11 is 0. The molecule has 0 aliphatic rings. The van der Waals surface area contributed by atoms with Crippen molar-refractivity contribution in [3.63, 3.8) is 0 Å². The molecule has 108 valence electrons. The van der Waals surface area contributed by atoms with Crippen molar-refractivity contribution in [2.75, 3.05) is 6.61 Å². The predicted molar refractivity (Wildman–Crippen MR) is 77.6 cm³/mol. The number of fused-ring (bicyclic) bond motifs is 1. The molecule has 1 N–H and O–H groups in total. The topological polar surface area (TPSA) is 64.1 Å². The van der Waals surface area contributed by atoms with Crippen LogP contribution in [0.4, 0.5) is 0 Å². The molecule has 0 saturated heterocycles. The number of aromatic nitrogens is 2. The summed E-state index contributed by atoms with van der Waals surface area (Å²) < 4.78 is 6.70. The summed E-state index contributed by atoms with van der Waals surface area (Å²) in [4.78, 5) is 23.9. The Morgan fingerprint density at radius 2 is 2.05 bits per heavy atom. The second-order valence-corrected chi connectivity index (χ2v) is 5.49. The molecule has 0 aliphatic heterocycles. The third kappa shape index (κ3) is 2.76. The SMILES string of the molecule is CCC(C)(C)C(=O)OCCn1[nH]c2ccccc2c1=O. The minimum Gasteiger partial charge on any atom is -0.463 e. The second-order valence-electron chi connectivity index (χ2n) is 5.49. The van der Waals surface area contributed by atoms with Crippen molar-refractivity contribution in [1.82, 2.24) is 9.78 Å². The Morgan fingerprint density at radius 3 is 2.70 bits per heavy atom. The highest BCUT2D eigenvalue weighted by atomic mass is 16.5. The van der Waals surface area contributed by atoms with Crippen LogP contribution in [0, 0.1) is 5.41 Å². The molecule has 1 heterocycles. The van der Waals surface area contributed by atoms with Gasteiger partial charge >= 0.3 is 5.97 Å². The van der Waals surface area contributed by atoms with Gasteiger partial charge in [-0.15, -0.1) is 0 Å². The van der Waals surface area contributed by atoms with E-state index in [2.05, 4.69) is 5.10 Å². The molecule has 1 aromatic heterocycles. The van der Waals surface area contributed by atoms with Gasteiger partial charge in [-0.1, -0.05) is 19.1 Å². The van der Waals surface area contributed by atoms with Crippen molar-refractivity contribution in [3.05, 3.63) is 34.6 Å². The van der Waals surface area contributed by atoms with Gasteiger partial charge in [-0.25, -0.2) is 4.68 Å². The largest absolute Gasteiger partial charge is 0.463 e. The van der Waals surface area contributed by atoms with Crippen LogP contribution in [0.15, 0.2) is 29.1 Å². The van der Waals surface area contributed by atoms with E-state index in [0.29, 0.717) is 11.9 Å². The van der Waals surface area contributed by atoms with E-state index < -0.39 is 5.41 Å². The zero-order chi connectivity index (χ0) is 14.8. The summed E-state index contributed by atoms with van der Waals surface area (Å²) in [5, 5.41) is 3.65. The molecule has 0 spiro atoms.